The molecule has 0 spiro atoms. The van der Waals surface area contributed by atoms with Crippen LogP contribution < -0.4 is 4.90 Å². The van der Waals surface area contributed by atoms with Gasteiger partial charge >= 0.3 is 0 Å². The van der Waals surface area contributed by atoms with Crippen molar-refractivity contribution in [3.05, 3.63) is 71.3 Å². The second kappa shape index (κ2) is 8.36. The molecule has 5 rings (SSSR count). The summed E-state index contributed by atoms with van der Waals surface area (Å²) in [6, 6.07) is 14.8. The average Bonchev–Trinajstić information content (AvgIpc) is 3.28. The van der Waals surface area contributed by atoms with Crippen molar-refractivity contribution in [2.75, 3.05) is 25.2 Å². The lowest BCUT2D eigenvalue weighted by Gasteiger charge is -2.42. The van der Waals surface area contributed by atoms with Gasteiger partial charge in [0, 0.05) is 25.3 Å². The first kappa shape index (κ1) is 20.1. The molecule has 1 fully saturated rings. The minimum Gasteiger partial charge on any atom is -0.501 e. The summed E-state index contributed by atoms with van der Waals surface area (Å²) in [6.07, 6.45) is 3.62. The van der Waals surface area contributed by atoms with Gasteiger partial charge in [-0.05, 0) is 60.6 Å². The highest BCUT2D eigenvalue weighted by atomic mass is 16.5. The highest BCUT2D eigenvalue weighted by Crippen LogP contribution is 2.42. The fourth-order valence-corrected chi connectivity index (χ4v) is 5.00. The number of nitrogens with one attached hydrogen (secondary N) is 1. The van der Waals surface area contributed by atoms with Crippen LogP contribution in [0.5, 0.6) is 0 Å². The molecule has 0 radical (unpaired) electrons. The van der Waals surface area contributed by atoms with Gasteiger partial charge in [-0.25, -0.2) is 4.98 Å². The van der Waals surface area contributed by atoms with Crippen molar-refractivity contribution < 1.29 is 14.6 Å². The van der Waals surface area contributed by atoms with Crippen LogP contribution in [0.3, 0.4) is 0 Å². The smallest absolute Gasteiger partial charge is 0.134 e. The number of nitrogens with zero attached hydrogens (tertiary/aromatic N) is 2. The standard InChI is InChI=1S/C25H29N3O3/c1-16-23(30-2)14-24(29)28(20-7-8-21-22(13-20)27-15-26-21)25(16)19-5-3-17(4-6-19)18-9-11-31-12-10-18/h3-8,13,15,18,24-25,29H,9-12,14H2,1-2H3,(H,26,27). The molecule has 1 saturated heterocycles. The van der Waals surface area contributed by atoms with E-state index < -0.39 is 6.23 Å². The van der Waals surface area contributed by atoms with E-state index in [0.717, 1.165) is 59.7 Å². The first-order valence-corrected chi connectivity index (χ1v) is 11.0. The Bertz CT molecular complexity index is 1080. The van der Waals surface area contributed by atoms with Gasteiger partial charge in [-0.1, -0.05) is 24.3 Å². The molecule has 0 aliphatic carbocycles. The van der Waals surface area contributed by atoms with Crippen molar-refractivity contribution in [3.63, 3.8) is 0 Å². The van der Waals surface area contributed by atoms with Crippen LogP contribution in [-0.4, -0.2) is 41.6 Å². The number of hydrogen-bond acceptors (Lipinski definition) is 5. The Morgan fingerprint density at radius 1 is 1.10 bits per heavy atom. The molecule has 3 aromatic rings. The van der Waals surface area contributed by atoms with E-state index in [1.54, 1.807) is 13.4 Å². The van der Waals surface area contributed by atoms with Gasteiger partial charge < -0.3 is 24.5 Å². The third kappa shape index (κ3) is 3.70. The maximum absolute atomic E-state index is 11.1. The van der Waals surface area contributed by atoms with Crippen molar-refractivity contribution in [2.24, 2.45) is 0 Å². The van der Waals surface area contributed by atoms with Crippen molar-refractivity contribution >= 4 is 16.7 Å². The average molecular weight is 420 g/mol. The molecule has 6 heteroatoms. The zero-order chi connectivity index (χ0) is 21.4. The zero-order valence-electron chi connectivity index (χ0n) is 18.0. The van der Waals surface area contributed by atoms with E-state index in [0.29, 0.717) is 12.3 Å². The quantitative estimate of drug-likeness (QED) is 0.644. The minimum atomic E-state index is -0.681. The summed E-state index contributed by atoms with van der Waals surface area (Å²) in [5.41, 5.74) is 6.46. The van der Waals surface area contributed by atoms with Crippen molar-refractivity contribution in [1.29, 1.82) is 0 Å². The molecule has 31 heavy (non-hydrogen) atoms. The highest BCUT2D eigenvalue weighted by molar-refractivity contribution is 5.79. The molecule has 0 bridgehead atoms. The topological polar surface area (TPSA) is 70.6 Å². The summed E-state index contributed by atoms with van der Waals surface area (Å²) in [4.78, 5) is 9.58. The summed E-state index contributed by atoms with van der Waals surface area (Å²) in [6.45, 7) is 3.78. The highest BCUT2D eigenvalue weighted by Gasteiger charge is 2.35. The van der Waals surface area contributed by atoms with Gasteiger partial charge in [0.15, 0.2) is 0 Å². The number of aromatic amines is 1. The molecule has 3 heterocycles. The minimum absolute atomic E-state index is 0.109. The van der Waals surface area contributed by atoms with Gasteiger partial charge in [0.25, 0.3) is 0 Å². The van der Waals surface area contributed by atoms with Gasteiger partial charge in [-0.15, -0.1) is 0 Å². The van der Waals surface area contributed by atoms with Gasteiger partial charge in [0.05, 0.1) is 30.5 Å². The Labute approximate surface area is 182 Å². The Morgan fingerprint density at radius 3 is 2.58 bits per heavy atom. The number of anilines is 1. The number of ether oxygens (including phenoxy) is 2. The molecular weight excluding hydrogens is 390 g/mol. The first-order chi connectivity index (χ1) is 15.2. The van der Waals surface area contributed by atoms with Crippen molar-refractivity contribution in [2.45, 2.75) is 44.4 Å². The van der Waals surface area contributed by atoms with E-state index in [4.69, 9.17) is 9.47 Å². The molecule has 2 aliphatic rings. The number of imidazole rings is 1. The second-order valence-electron chi connectivity index (χ2n) is 8.46. The van der Waals surface area contributed by atoms with Crippen LogP contribution in [0.1, 0.15) is 49.3 Å². The summed E-state index contributed by atoms with van der Waals surface area (Å²) >= 11 is 0. The van der Waals surface area contributed by atoms with E-state index in [9.17, 15) is 5.11 Å². The number of hydrogen-bond donors (Lipinski definition) is 2. The van der Waals surface area contributed by atoms with E-state index in [1.807, 2.05) is 12.1 Å². The van der Waals surface area contributed by atoms with Crippen LogP contribution in [0.25, 0.3) is 11.0 Å². The Morgan fingerprint density at radius 2 is 1.84 bits per heavy atom. The molecule has 0 saturated carbocycles. The lowest BCUT2D eigenvalue weighted by atomic mass is 9.87. The molecule has 2 atom stereocenters. The van der Waals surface area contributed by atoms with E-state index >= 15 is 0 Å². The molecule has 2 aliphatic heterocycles. The third-order valence-corrected chi connectivity index (χ3v) is 6.71. The Balaban J connectivity index is 1.54. The van der Waals surface area contributed by atoms with E-state index in [2.05, 4.69) is 52.1 Å². The van der Waals surface area contributed by atoms with Crippen LogP contribution >= 0.6 is 0 Å². The number of benzene rings is 2. The fraction of sp³-hybridized carbons (Fsp3) is 0.400. The maximum Gasteiger partial charge on any atom is 0.134 e. The van der Waals surface area contributed by atoms with Gasteiger partial charge in [0.1, 0.15) is 12.0 Å². The van der Waals surface area contributed by atoms with Gasteiger partial charge in [0.2, 0.25) is 0 Å². The molecule has 6 nitrogen and oxygen atoms in total. The number of methoxy groups -OCH3 is 1. The van der Waals surface area contributed by atoms with Crippen LogP contribution in [0, 0.1) is 0 Å². The number of H-pyrrole nitrogens is 1. The second-order valence-corrected chi connectivity index (χ2v) is 8.46. The Kier molecular flexibility index (Phi) is 5.42. The van der Waals surface area contributed by atoms with E-state index in [1.165, 1.54) is 5.56 Å². The largest absolute Gasteiger partial charge is 0.501 e. The Hall–Kier alpha value is -2.83. The number of aliphatic hydroxyl groups is 1. The third-order valence-electron chi connectivity index (χ3n) is 6.71. The normalized spacial score (nSPS) is 22.9. The number of rotatable bonds is 4. The van der Waals surface area contributed by atoms with Gasteiger partial charge in [-0.2, -0.15) is 0 Å². The molecule has 1 aromatic heterocycles. The molecule has 2 N–H and O–H groups in total. The summed E-state index contributed by atoms with van der Waals surface area (Å²) < 4.78 is 11.2. The predicted octanol–water partition coefficient (Wildman–Crippen LogP) is 4.65. The van der Waals surface area contributed by atoms with Crippen LogP contribution in [0.4, 0.5) is 5.69 Å². The van der Waals surface area contributed by atoms with Crippen LogP contribution in [0.15, 0.2) is 60.1 Å². The summed E-state index contributed by atoms with van der Waals surface area (Å²) in [5.74, 6) is 1.41. The molecule has 2 unspecified atom stereocenters. The lowest BCUT2D eigenvalue weighted by molar-refractivity contribution is 0.0853. The van der Waals surface area contributed by atoms with Crippen molar-refractivity contribution in [1.82, 2.24) is 9.97 Å². The number of aliphatic hydroxyl groups excluding tert-OH is 1. The van der Waals surface area contributed by atoms with Crippen LogP contribution in [-0.2, 0) is 9.47 Å². The number of fused-ring (bicyclic) bond motifs is 1. The van der Waals surface area contributed by atoms with Gasteiger partial charge in [-0.3, -0.25) is 0 Å². The van der Waals surface area contributed by atoms with Crippen LogP contribution in [0.2, 0.25) is 0 Å². The van der Waals surface area contributed by atoms with Crippen molar-refractivity contribution in [3.8, 4) is 0 Å². The monoisotopic (exact) mass is 419 g/mol. The predicted molar refractivity (Wildman–Crippen MR) is 121 cm³/mol. The fourth-order valence-electron chi connectivity index (χ4n) is 5.00. The summed E-state index contributed by atoms with van der Waals surface area (Å²) in [5, 5.41) is 11.1. The SMILES string of the molecule is COC1=C(C)C(c2ccc(C3CCOCC3)cc2)N(c2ccc3nc[nH]c3c2)C(O)C1. The molecule has 162 valence electrons. The first-order valence-electron chi connectivity index (χ1n) is 11.0. The van der Waals surface area contributed by atoms with E-state index in [-0.39, 0.29) is 6.04 Å². The molecule has 2 aromatic carbocycles. The maximum atomic E-state index is 11.1. The molecular formula is C25H29N3O3. The number of aromatic nitrogens is 2. The lowest BCUT2D eigenvalue weighted by Crippen LogP contribution is -2.43. The summed E-state index contributed by atoms with van der Waals surface area (Å²) in [7, 11) is 1.68. The molecule has 0 amide bonds. The zero-order valence-corrected chi connectivity index (χ0v) is 18.0.